The second-order valence-electron chi connectivity index (χ2n) is 4.06. The van der Waals surface area contributed by atoms with Crippen LogP contribution >= 0.6 is 11.3 Å². The van der Waals surface area contributed by atoms with Crippen LogP contribution in [0, 0.1) is 6.92 Å². The van der Waals surface area contributed by atoms with E-state index in [0.29, 0.717) is 5.75 Å². The van der Waals surface area contributed by atoms with Gasteiger partial charge in [-0.1, -0.05) is 12.1 Å². The molecule has 1 heterocycles. The Kier molecular flexibility index (Phi) is 3.76. The van der Waals surface area contributed by atoms with Crippen LogP contribution in [-0.4, -0.2) is 10.1 Å². The molecule has 3 nitrogen and oxygen atoms in total. The normalized spacial score (nSPS) is 12.6. The zero-order valence-corrected chi connectivity index (χ0v) is 10.8. The Hall–Kier alpha value is -1.39. The molecule has 4 heteroatoms. The van der Waals surface area contributed by atoms with E-state index in [0.717, 1.165) is 12.2 Å². The Morgan fingerprint density at radius 1 is 1.35 bits per heavy atom. The number of hydrogen-bond acceptors (Lipinski definition) is 4. The minimum Gasteiger partial charge on any atom is -0.508 e. The smallest absolute Gasteiger partial charge is 0.115 e. The lowest BCUT2D eigenvalue weighted by molar-refractivity contribution is 0.474. The van der Waals surface area contributed by atoms with Gasteiger partial charge in [0.15, 0.2) is 0 Å². The van der Waals surface area contributed by atoms with Crippen LogP contribution in [0.15, 0.2) is 29.8 Å². The summed E-state index contributed by atoms with van der Waals surface area (Å²) in [5, 5.41) is 12.7. The van der Waals surface area contributed by atoms with Crippen molar-refractivity contribution in [2.75, 3.05) is 0 Å². The standard InChI is InChI=1S/C13H16N2OS/c1-9(11-3-5-12(16)6-4-11)14-7-13-10(2)15-8-17-13/h3-6,8-9,14,16H,7H2,1-2H3. The van der Waals surface area contributed by atoms with Gasteiger partial charge in [-0.25, -0.2) is 4.98 Å². The van der Waals surface area contributed by atoms with E-state index in [9.17, 15) is 5.11 Å². The van der Waals surface area contributed by atoms with Crippen molar-refractivity contribution in [1.29, 1.82) is 0 Å². The van der Waals surface area contributed by atoms with Crippen molar-refractivity contribution < 1.29 is 5.11 Å². The van der Waals surface area contributed by atoms with Gasteiger partial charge in [-0.15, -0.1) is 11.3 Å². The molecule has 0 spiro atoms. The fourth-order valence-electron chi connectivity index (χ4n) is 1.62. The fraction of sp³-hybridized carbons (Fsp3) is 0.308. The van der Waals surface area contributed by atoms with Gasteiger partial charge in [0.2, 0.25) is 0 Å². The highest BCUT2D eigenvalue weighted by molar-refractivity contribution is 7.09. The molecule has 0 radical (unpaired) electrons. The Morgan fingerprint density at radius 3 is 2.65 bits per heavy atom. The van der Waals surface area contributed by atoms with Crippen molar-refractivity contribution in [1.82, 2.24) is 10.3 Å². The van der Waals surface area contributed by atoms with Crippen molar-refractivity contribution in [3.8, 4) is 5.75 Å². The number of nitrogens with zero attached hydrogens (tertiary/aromatic N) is 1. The molecular formula is C13H16N2OS. The van der Waals surface area contributed by atoms with E-state index in [1.807, 2.05) is 24.6 Å². The van der Waals surface area contributed by atoms with E-state index in [-0.39, 0.29) is 6.04 Å². The minimum atomic E-state index is 0.261. The molecule has 2 aromatic rings. The third kappa shape index (κ3) is 3.05. The zero-order chi connectivity index (χ0) is 12.3. The maximum Gasteiger partial charge on any atom is 0.115 e. The van der Waals surface area contributed by atoms with E-state index in [2.05, 4.69) is 17.2 Å². The lowest BCUT2D eigenvalue weighted by Crippen LogP contribution is -2.17. The van der Waals surface area contributed by atoms with Gasteiger partial charge in [0.1, 0.15) is 5.75 Å². The lowest BCUT2D eigenvalue weighted by atomic mass is 10.1. The minimum absolute atomic E-state index is 0.261. The topological polar surface area (TPSA) is 45.2 Å². The van der Waals surface area contributed by atoms with E-state index in [4.69, 9.17) is 0 Å². The van der Waals surface area contributed by atoms with E-state index in [1.165, 1.54) is 10.4 Å². The van der Waals surface area contributed by atoms with Crippen LogP contribution in [0.3, 0.4) is 0 Å². The van der Waals surface area contributed by atoms with Crippen LogP contribution in [-0.2, 0) is 6.54 Å². The van der Waals surface area contributed by atoms with Crippen molar-refractivity contribution >= 4 is 11.3 Å². The molecule has 17 heavy (non-hydrogen) atoms. The molecule has 0 saturated carbocycles. The molecule has 1 aromatic carbocycles. The van der Waals surface area contributed by atoms with E-state index >= 15 is 0 Å². The number of hydrogen-bond donors (Lipinski definition) is 2. The average Bonchev–Trinajstić information content (AvgIpc) is 2.73. The molecule has 0 aliphatic heterocycles. The van der Waals surface area contributed by atoms with Crippen LogP contribution in [0.1, 0.15) is 29.1 Å². The Bertz CT molecular complexity index is 478. The predicted molar refractivity (Wildman–Crippen MR) is 70.2 cm³/mol. The summed E-state index contributed by atoms with van der Waals surface area (Å²) in [6, 6.07) is 7.56. The highest BCUT2D eigenvalue weighted by Crippen LogP contribution is 2.18. The molecule has 2 rings (SSSR count). The van der Waals surface area contributed by atoms with E-state index in [1.54, 1.807) is 23.5 Å². The van der Waals surface area contributed by atoms with Crippen LogP contribution in [0.4, 0.5) is 0 Å². The maximum atomic E-state index is 9.23. The van der Waals surface area contributed by atoms with Crippen LogP contribution in [0.2, 0.25) is 0 Å². The van der Waals surface area contributed by atoms with Gasteiger partial charge in [0, 0.05) is 17.5 Å². The molecule has 0 bridgehead atoms. The van der Waals surface area contributed by atoms with Gasteiger partial charge in [0.05, 0.1) is 11.2 Å². The number of aromatic nitrogens is 1. The number of thiazole rings is 1. The number of aryl methyl sites for hydroxylation is 1. The van der Waals surface area contributed by atoms with Gasteiger partial charge in [-0.05, 0) is 31.5 Å². The summed E-state index contributed by atoms with van der Waals surface area (Å²) in [6.45, 7) is 4.97. The monoisotopic (exact) mass is 248 g/mol. The van der Waals surface area contributed by atoms with Crippen molar-refractivity contribution in [3.05, 3.63) is 45.9 Å². The summed E-state index contributed by atoms with van der Waals surface area (Å²) >= 11 is 1.68. The van der Waals surface area contributed by atoms with Crippen molar-refractivity contribution in [2.24, 2.45) is 0 Å². The van der Waals surface area contributed by atoms with Gasteiger partial charge >= 0.3 is 0 Å². The van der Waals surface area contributed by atoms with Gasteiger partial charge in [0.25, 0.3) is 0 Å². The van der Waals surface area contributed by atoms with Crippen LogP contribution < -0.4 is 5.32 Å². The first kappa shape index (κ1) is 12.1. The number of aromatic hydroxyl groups is 1. The summed E-state index contributed by atoms with van der Waals surface area (Å²) in [5.41, 5.74) is 4.14. The second kappa shape index (κ2) is 5.29. The number of phenols is 1. The molecule has 0 aliphatic rings. The first-order valence-corrected chi connectivity index (χ1v) is 6.46. The number of nitrogens with one attached hydrogen (secondary N) is 1. The summed E-state index contributed by atoms with van der Waals surface area (Å²) in [7, 11) is 0. The fourth-order valence-corrected chi connectivity index (χ4v) is 2.35. The molecule has 90 valence electrons. The third-order valence-corrected chi connectivity index (χ3v) is 3.74. The highest BCUT2D eigenvalue weighted by Gasteiger charge is 2.07. The number of rotatable bonds is 4. The predicted octanol–water partition coefficient (Wildman–Crippen LogP) is 3.01. The first-order chi connectivity index (χ1) is 8.16. The number of benzene rings is 1. The Morgan fingerprint density at radius 2 is 2.06 bits per heavy atom. The summed E-state index contributed by atoms with van der Waals surface area (Å²) in [5.74, 6) is 0.305. The SMILES string of the molecule is Cc1ncsc1CNC(C)c1ccc(O)cc1. The highest BCUT2D eigenvalue weighted by atomic mass is 32.1. The summed E-state index contributed by atoms with van der Waals surface area (Å²) in [4.78, 5) is 5.50. The molecule has 0 fully saturated rings. The molecule has 0 saturated heterocycles. The summed E-state index contributed by atoms with van der Waals surface area (Å²) in [6.07, 6.45) is 0. The van der Waals surface area contributed by atoms with Crippen molar-refractivity contribution in [3.63, 3.8) is 0 Å². The second-order valence-corrected chi connectivity index (χ2v) is 4.99. The largest absolute Gasteiger partial charge is 0.508 e. The van der Waals surface area contributed by atoms with Gasteiger partial charge in [-0.2, -0.15) is 0 Å². The van der Waals surface area contributed by atoms with Gasteiger partial charge < -0.3 is 10.4 Å². The van der Waals surface area contributed by atoms with Crippen LogP contribution in [0.5, 0.6) is 5.75 Å². The third-order valence-electron chi connectivity index (χ3n) is 2.81. The van der Waals surface area contributed by atoms with Crippen LogP contribution in [0.25, 0.3) is 0 Å². The molecule has 0 amide bonds. The Balaban J connectivity index is 1.95. The van der Waals surface area contributed by atoms with Gasteiger partial charge in [-0.3, -0.25) is 0 Å². The number of phenolic OH excluding ortho intramolecular Hbond substituents is 1. The summed E-state index contributed by atoms with van der Waals surface area (Å²) < 4.78 is 0. The molecule has 1 atom stereocenters. The molecule has 2 N–H and O–H groups in total. The first-order valence-electron chi connectivity index (χ1n) is 5.58. The molecule has 1 aromatic heterocycles. The average molecular weight is 248 g/mol. The maximum absolute atomic E-state index is 9.23. The van der Waals surface area contributed by atoms with Crippen molar-refractivity contribution in [2.45, 2.75) is 26.4 Å². The van der Waals surface area contributed by atoms with E-state index < -0.39 is 0 Å². The molecule has 0 aliphatic carbocycles. The Labute approximate surface area is 105 Å². The molecule has 1 unspecified atom stereocenters. The zero-order valence-electron chi connectivity index (χ0n) is 9.97. The molecular weight excluding hydrogens is 232 g/mol. The lowest BCUT2D eigenvalue weighted by Gasteiger charge is -2.13. The quantitative estimate of drug-likeness (QED) is 0.874.